The van der Waals surface area contributed by atoms with Gasteiger partial charge < -0.3 is 24.7 Å². The summed E-state index contributed by atoms with van der Waals surface area (Å²) in [6.07, 6.45) is 1.54. The maximum atomic E-state index is 15.3. The number of carbonyl (C=O) groups excluding carboxylic acids is 2. The van der Waals surface area contributed by atoms with E-state index in [-0.39, 0.29) is 28.6 Å². The number of pyridine rings is 1. The summed E-state index contributed by atoms with van der Waals surface area (Å²) in [6.45, 7) is 5.25. The van der Waals surface area contributed by atoms with Crippen molar-refractivity contribution in [1.29, 1.82) is 0 Å². The second-order valence-corrected chi connectivity index (χ2v) is 12.8. The number of likely N-dealkylation sites (N-methyl/N-ethyl adjacent to an activating group) is 1. The maximum Gasteiger partial charge on any atom is 0.352 e. The number of carboxylic acids is 1. The van der Waals surface area contributed by atoms with Crippen molar-refractivity contribution < 1.29 is 38.2 Å². The number of carbonyl (C=O) groups is 3. The number of methoxy groups -OCH3 is 1. The van der Waals surface area contributed by atoms with Crippen LogP contribution in [-0.4, -0.2) is 69.6 Å². The first kappa shape index (κ1) is 39.4. The van der Waals surface area contributed by atoms with E-state index in [0.29, 0.717) is 33.7 Å². The Balaban J connectivity index is 0.000000566. The first-order valence-corrected chi connectivity index (χ1v) is 17.1. The van der Waals surface area contributed by atoms with Gasteiger partial charge in [0.15, 0.2) is 11.6 Å². The molecule has 1 amide bonds. The molecule has 2 aromatic heterocycles. The predicted octanol–water partition coefficient (Wildman–Crippen LogP) is 6.61. The summed E-state index contributed by atoms with van der Waals surface area (Å²) >= 11 is 0. The summed E-state index contributed by atoms with van der Waals surface area (Å²) in [5, 5.41) is 11.6. The van der Waals surface area contributed by atoms with Gasteiger partial charge in [0.1, 0.15) is 23.1 Å². The van der Waals surface area contributed by atoms with Crippen LogP contribution in [0, 0.1) is 18.7 Å². The zero-order chi connectivity index (χ0) is 39.8. The van der Waals surface area contributed by atoms with Gasteiger partial charge in [-0.1, -0.05) is 50.2 Å². The number of nitrogens with zero attached hydrogens (tertiary/aromatic N) is 4. The standard InChI is InChI=1S/C34H34FN5O6.C7H6O2/c1-20(2)31(38(4)5)34(43)46-40-21(3)30(33(42)39(40)23-10-8-7-9-11-23)32(41)37-22-12-15-29(26(35)18-22)45-28-16-17-36-27-19-24(44-6)13-14-25(27)28;8-7(9)6-4-2-1-3-5-6/h7-20,31H,1-6H3,(H,37,41);1-5H,(H,8,9)/t31-;/m0./s1. The number of carboxylic acid groups (broad SMARTS) is 1. The predicted molar refractivity (Wildman–Crippen MR) is 205 cm³/mol. The summed E-state index contributed by atoms with van der Waals surface area (Å²) in [6, 6.07) is 27.0. The van der Waals surface area contributed by atoms with Crippen LogP contribution in [0.5, 0.6) is 17.2 Å². The fraction of sp³-hybridized carbons (Fsp3) is 0.195. The summed E-state index contributed by atoms with van der Waals surface area (Å²) in [5.41, 5.74) is 0.491. The Morgan fingerprint density at radius 3 is 2.15 bits per heavy atom. The number of benzene rings is 4. The molecule has 0 fully saturated rings. The molecule has 0 aliphatic rings. The van der Waals surface area contributed by atoms with Crippen molar-refractivity contribution in [2.75, 3.05) is 26.5 Å². The van der Waals surface area contributed by atoms with Gasteiger partial charge in [-0.05, 0) is 81.5 Å². The van der Waals surface area contributed by atoms with Crippen molar-refractivity contribution in [3.63, 3.8) is 0 Å². The molecule has 0 bridgehead atoms. The maximum absolute atomic E-state index is 15.3. The lowest BCUT2D eigenvalue weighted by molar-refractivity contribution is -0.154. The van der Waals surface area contributed by atoms with E-state index in [2.05, 4.69) is 10.3 Å². The van der Waals surface area contributed by atoms with Crippen LogP contribution < -0.4 is 25.2 Å². The molecule has 6 aromatic rings. The van der Waals surface area contributed by atoms with Crippen LogP contribution in [-0.2, 0) is 4.79 Å². The third-order valence-corrected chi connectivity index (χ3v) is 8.41. The molecule has 0 saturated heterocycles. The van der Waals surface area contributed by atoms with E-state index in [1.54, 1.807) is 117 Å². The van der Waals surface area contributed by atoms with E-state index in [1.165, 1.54) is 19.1 Å². The number of aromatic carboxylic acids is 1. The molecular weight excluding hydrogens is 709 g/mol. The van der Waals surface area contributed by atoms with Gasteiger partial charge in [0.05, 0.1) is 29.6 Å². The van der Waals surface area contributed by atoms with Crippen molar-refractivity contribution in [3.8, 4) is 22.9 Å². The number of hydrogen-bond acceptors (Lipinski definition) is 9. The molecular formula is C41H40FN5O8. The normalized spacial score (nSPS) is 11.4. The molecule has 13 nitrogen and oxygen atoms in total. The summed E-state index contributed by atoms with van der Waals surface area (Å²) in [4.78, 5) is 63.5. The Hall–Kier alpha value is -6.80. The van der Waals surface area contributed by atoms with E-state index < -0.39 is 35.3 Å². The minimum Gasteiger partial charge on any atom is -0.497 e. The van der Waals surface area contributed by atoms with Gasteiger partial charge in [-0.15, -0.1) is 4.85 Å². The van der Waals surface area contributed by atoms with Crippen LogP contribution in [0.3, 0.4) is 0 Å². The Morgan fingerprint density at radius 2 is 1.56 bits per heavy atom. The highest BCUT2D eigenvalue weighted by atomic mass is 19.1. The SMILES string of the molecule is COc1ccc2c(Oc3ccc(NC(=O)c4c(C)n(OC(=O)[C@H](C(C)C)N(C)C)n(-c5ccccc5)c4=O)cc3F)ccnc2c1.O=C(O)c1ccccc1. The zero-order valence-electron chi connectivity index (χ0n) is 31.0. The first-order valence-electron chi connectivity index (χ1n) is 17.1. The second-order valence-electron chi connectivity index (χ2n) is 12.8. The van der Waals surface area contributed by atoms with Crippen LogP contribution in [0.2, 0.25) is 0 Å². The zero-order valence-corrected chi connectivity index (χ0v) is 31.0. The average Bonchev–Trinajstić information content (AvgIpc) is 3.40. The third kappa shape index (κ3) is 9.05. The number of hydrogen-bond donors (Lipinski definition) is 2. The Kier molecular flexibility index (Phi) is 12.4. The molecule has 0 spiro atoms. The third-order valence-electron chi connectivity index (χ3n) is 8.41. The first-order chi connectivity index (χ1) is 26.3. The Morgan fingerprint density at radius 1 is 0.891 bits per heavy atom. The number of amides is 1. The molecule has 284 valence electrons. The van der Waals surface area contributed by atoms with Crippen LogP contribution in [0.25, 0.3) is 16.6 Å². The number of fused-ring (bicyclic) bond motifs is 1. The number of rotatable bonds is 11. The van der Waals surface area contributed by atoms with Crippen molar-refractivity contribution >= 4 is 34.4 Å². The number of nitrogens with one attached hydrogen (secondary N) is 1. The van der Waals surface area contributed by atoms with Gasteiger partial charge in [0.2, 0.25) is 0 Å². The second kappa shape index (κ2) is 17.4. The highest BCUT2D eigenvalue weighted by molar-refractivity contribution is 6.05. The van der Waals surface area contributed by atoms with Crippen molar-refractivity contribution in [1.82, 2.24) is 19.4 Å². The molecule has 0 aliphatic carbocycles. The van der Waals surface area contributed by atoms with E-state index in [9.17, 15) is 19.2 Å². The number of halogens is 1. The Labute approximate surface area is 316 Å². The van der Waals surface area contributed by atoms with Gasteiger partial charge >= 0.3 is 11.9 Å². The number of ether oxygens (including phenoxy) is 2. The molecule has 2 heterocycles. The fourth-order valence-corrected chi connectivity index (χ4v) is 5.84. The van der Waals surface area contributed by atoms with E-state index >= 15 is 4.39 Å². The smallest absolute Gasteiger partial charge is 0.352 e. The van der Waals surface area contributed by atoms with Gasteiger partial charge in [0, 0.05) is 29.4 Å². The van der Waals surface area contributed by atoms with E-state index in [0.717, 1.165) is 15.6 Å². The molecule has 14 heteroatoms. The molecule has 0 aliphatic heterocycles. The van der Waals surface area contributed by atoms with Gasteiger partial charge in [-0.2, -0.15) is 4.68 Å². The average molecular weight is 750 g/mol. The minimum atomic E-state index is -0.879. The van der Waals surface area contributed by atoms with E-state index in [4.69, 9.17) is 19.4 Å². The molecule has 2 N–H and O–H groups in total. The van der Waals surface area contributed by atoms with Crippen molar-refractivity contribution in [3.05, 3.63) is 142 Å². The van der Waals surface area contributed by atoms with Crippen molar-refractivity contribution in [2.45, 2.75) is 26.8 Å². The van der Waals surface area contributed by atoms with Crippen LogP contribution in [0.4, 0.5) is 10.1 Å². The van der Waals surface area contributed by atoms with Crippen LogP contribution in [0.15, 0.2) is 114 Å². The molecule has 1 atom stereocenters. The molecule has 0 unspecified atom stereocenters. The molecule has 4 aromatic carbocycles. The summed E-state index contributed by atoms with van der Waals surface area (Å²) in [5.74, 6) is -2.21. The summed E-state index contributed by atoms with van der Waals surface area (Å²) in [7, 11) is 5.06. The topological polar surface area (TPSA) is 154 Å². The lowest BCUT2D eigenvalue weighted by Crippen LogP contribution is -2.46. The number of aromatic nitrogens is 3. The fourth-order valence-electron chi connectivity index (χ4n) is 5.84. The lowest BCUT2D eigenvalue weighted by Gasteiger charge is -2.26. The molecule has 6 rings (SSSR count). The van der Waals surface area contributed by atoms with Crippen LogP contribution in [0.1, 0.15) is 40.3 Å². The van der Waals surface area contributed by atoms with E-state index in [1.807, 2.05) is 13.8 Å². The van der Waals surface area contributed by atoms with Gasteiger partial charge in [-0.3, -0.25) is 19.5 Å². The lowest BCUT2D eigenvalue weighted by atomic mass is 10.0. The molecule has 0 radical (unpaired) electrons. The van der Waals surface area contributed by atoms with Crippen molar-refractivity contribution in [2.24, 2.45) is 5.92 Å². The van der Waals surface area contributed by atoms with Gasteiger partial charge in [0.25, 0.3) is 11.5 Å². The molecule has 0 saturated carbocycles. The highest BCUT2D eigenvalue weighted by Gasteiger charge is 2.31. The highest BCUT2D eigenvalue weighted by Crippen LogP contribution is 2.33. The quantitative estimate of drug-likeness (QED) is 0.148. The van der Waals surface area contributed by atoms with Gasteiger partial charge in [-0.25, -0.2) is 14.0 Å². The van der Waals surface area contributed by atoms with Crippen LogP contribution >= 0.6 is 0 Å². The Bertz CT molecular complexity index is 2370. The largest absolute Gasteiger partial charge is 0.497 e. The molecule has 55 heavy (non-hydrogen) atoms. The number of para-hydroxylation sites is 1. The monoisotopic (exact) mass is 749 g/mol. The number of anilines is 1. The minimum absolute atomic E-state index is 0.0809. The summed E-state index contributed by atoms with van der Waals surface area (Å²) < 4.78 is 27.5.